The summed E-state index contributed by atoms with van der Waals surface area (Å²) in [6, 6.07) is 4.91. The first-order valence-corrected chi connectivity index (χ1v) is 11.4. The summed E-state index contributed by atoms with van der Waals surface area (Å²) >= 11 is 1.59. The first kappa shape index (κ1) is 24.0. The number of thiophene rings is 1. The fourth-order valence-corrected chi connectivity index (χ4v) is 4.59. The molecule has 0 saturated heterocycles. The van der Waals surface area contributed by atoms with Crippen molar-refractivity contribution in [3.8, 4) is 0 Å². The highest BCUT2D eigenvalue weighted by Crippen LogP contribution is 2.34. The number of nitro benzene ring substituents is 1. The smallest absolute Gasteiger partial charge is 0.269 e. The number of aryl methyl sites for hydroxylation is 2. The van der Waals surface area contributed by atoms with Crippen LogP contribution in [0.3, 0.4) is 0 Å². The molecule has 172 valence electrons. The summed E-state index contributed by atoms with van der Waals surface area (Å²) in [7, 11) is 0. The first-order valence-electron chi connectivity index (χ1n) is 10.6. The van der Waals surface area contributed by atoms with Gasteiger partial charge in [-0.05, 0) is 50.2 Å². The zero-order valence-electron chi connectivity index (χ0n) is 18.7. The van der Waals surface area contributed by atoms with Crippen molar-refractivity contribution in [3.63, 3.8) is 0 Å². The van der Waals surface area contributed by atoms with Gasteiger partial charge in [0.25, 0.3) is 5.69 Å². The Bertz CT molecular complexity index is 1080. The van der Waals surface area contributed by atoms with Crippen LogP contribution in [0.4, 0.5) is 11.5 Å². The van der Waals surface area contributed by atoms with Gasteiger partial charge in [0.05, 0.1) is 29.5 Å². The van der Waals surface area contributed by atoms with Gasteiger partial charge in [-0.1, -0.05) is 13.8 Å². The molecular weight excluding hydrogens is 430 g/mol. The number of nitrogens with one attached hydrogen (secondary N) is 1. The largest absolute Gasteiger partial charge is 0.394 e. The molecule has 0 saturated carbocycles. The standard InChI is InChI=1S/C22H29N5O4S/c1-5-26(6-2)11-18-24-21(19-13(3)14(4)32-22(19)25-18)23-17(12-28)20(29)15-7-9-16(10-8-15)27(30)31/h7-10,17,20,28-29H,5-6,11-12H2,1-4H3,(H,23,24,25). The van der Waals surface area contributed by atoms with Crippen LogP contribution < -0.4 is 5.32 Å². The Morgan fingerprint density at radius 3 is 2.41 bits per heavy atom. The van der Waals surface area contributed by atoms with Crippen molar-refractivity contribution in [3.05, 3.63) is 56.2 Å². The molecule has 3 N–H and O–H groups in total. The Morgan fingerprint density at radius 2 is 1.84 bits per heavy atom. The van der Waals surface area contributed by atoms with Gasteiger partial charge >= 0.3 is 0 Å². The third kappa shape index (κ3) is 5.04. The molecule has 0 aliphatic heterocycles. The lowest BCUT2D eigenvalue weighted by Gasteiger charge is -2.24. The van der Waals surface area contributed by atoms with Gasteiger partial charge in [-0.15, -0.1) is 11.3 Å². The highest BCUT2D eigenvalue weighted by Gasteiger charge is 2.24. The van der Waals surface area contributed by atoms with Crippen molar-refractivity contribution in [1.82, 2.24) is 14.9 Å². The lowest BCUT2D eigenvalue weighted by Crippen LogP contribution is -2.32. The van der Waals surface area contributed by atoms with Crippen molar-refractivity contribution in [2.75, 3.05) is 25.0 Å². The average molecular weight is 460 g/mol. The normalized spacial score (nSPS) is 13.5. The van der Waals surface area contributed by atoms with Gasteiger partial charge in [0.1, 0.15) is 22.6 Å². The Balaban J connectivity index is 1.96. The van der Waals surface area contributed by atoms with Gasteiger partial charge in [-0.3, -0.25) is 15.0 Å². The van der Waals surface area contributed by atoms with Crippen LogP contribution in [-0.4, -0.2) is 55.7 Å². The number of aliphatic hydroxyl groups is 2. The van der Waals surface area contributed by atoms with E-state index in [1.54, 1.807) is 11.3 Å². The maximum absolute atomic E-state index is 10.9. The van der Waals surface area contributed by atoms with Crippen LogP contribution in [0.2, 0.25) is 0 Å². The summed E-state index contributed by atoms with van der Waals surface area (Å²) in [5.74, 6) is 1.24. The minimum absolute atomic E-state index is 0.0580. The van der Waals surface area contributed by atoms with Gasteiger partial charge in [-0.2, -0.15) is 0 Å². The predicted octanol–water partition coefficient (Wildman–Crippen LogP) is 3.56. The summed E-state index contributed by atoms with van der Waals surface area (Å²) in [4.78, 5) is 24.1. The Kier molecular flexibility index (Phi) is 7.73. The summed E-state index contributed by atoms with van der Waals surface area (Å²) in [5.41, 5.74) is 1.47. The average Bonchev–Trinajstić information content (AvgIpc) is 3.08. The van der Waals surface area contributed by atoms with E-state index in [4.69, 9.17) is 9.97 Å². The summed E-state index contributed by atoms with van der Waals surface area (Å²) in [5, 5.41) is 35.9. The minimum Gasteiger partial charge on any atom is -0.394 e. The van der Waals surface area contributed by atoms with Gasteiger partial charge in [0.2, 0.25) is 0 Å². The molecule has 2 unspecified atom stereocenters. The molecule has 3 aromatic rings. The molecule has 9 nitrogen and oxygen atoms in total. The molecule has 0 radical (unpaired) electrons. The molecule has 1 aromatic carbocycles. The molecule has 0 fully saturated rings. The highest BCUT2D eigenvalue weighted by molar-refractivity contribution is 7.18. The van der Waals surface area contributed by atoms with Crippen molar-refractivity contribution in [1.29, 1.82) is 0 Å². The van der Waals surface area contributed by atoms with E-state index in [0.717, 1.165) is 33.7 Å². The monoisotopic (exact) mass is 459 g/mol. The number of rotatable bonds is 10. The summed E-state index contributed by atoms with van der Waals surface area (Å²) in [6.45, 7) is 10.2. The second-order valence-electron chi connectivity index (χ2n) is 7.64. The second kappa shape index (κ2) is 10.3. The molecule has 0 spiro atoms. The molecule has 0 amide bonds. The third-order valence-corrected chi connectivity index (χ3v) is 6.78. The van der Waals surface area contributed by atoms with Gasteiger partial charge in [0, 0.05) is 17.0 Å². The molecule has 0 aliphatic carbocycles. The van der Waals surface area contributed by atoms with Gasteiger partial charge in [0.15, 0.2) is 0 Å². The molecule has 3 rings (SSSR count). The van der Waals surface area contributed by atoms with Gasteiger partial charge in [-0.25, -0.2) is 9.97 Å². The Morgan fingerprint density at radius 1 is 1.19 bits per heavy atom. The van der Waals surface area contributed by atoms with Crippen molar-refractivity contribution >= 4 is 33.1 Å². The molecule has 32 heavy (non-hydrogen) atoms. The molecule has 0 aliphatic rings. The third-order valence-electron chi connectivity index (χ3n) is 5.68. The number of nitrogens with zero attached hydrogens (tertiary/aromatic N) is 4. The van der Waals surface area contributed by atoms with E-state index in [1.165, 1.54) is 24.3 Å². The number of hydrogen-bond donors (Lipinski definition) is 3. The molecule has 10 heteroatoms. The number of fused-ring (bicyclic) bond motifs is 1. The molecule has 2 heterocycles. The lowest BCUT2D eigenvalue weighted by atomic mass is 10.0. The van der Waals surface area contributed by atoms with Crippen LogP contribution in [0.5, 0.6) is 0 Å². The quantitative estimate of drug-likeness (QED) is 0.310. The second-order valence-corrected chi connectivity index (χ2v) is 8.84. The van der Waals surface area contributed by atoms with Crippen molar-refractivity contribution in [2.45, 2.75) is 46.4 Å². The van der Waals surface area contributed by atoms with Crippen LogP contribution in [0.25, 0.3) is 10.2 Å². The van der Waals surface area contributed by atoms with E-state index >= 15 is 0 Å². The molecule has 2 aromatic heterocycles. The lowest BCUT2D eigenvalue weighted by molar-refractivity contribution is -0.384. The maximum Gasteiger partial charge on any atom is 0.269 e. The number of aromatic nitrogens is 2. The number of hydrogen-bond acceptors (Lipinski definition) is 9. The SMILES string of the molecule is CCN(CC)Cc1nc(NC(CO)C(O)c2ccc([N+](=O)[O-])cc2)c2c(C)c(C)sc2n1. The fraction of sp³-hybridized carbons (Fsp3) is 0.455. The van der Waals surface area contributed by atoms with E-state index in [2.05, 4.69) is 24.1 Å². The number of non-ortho nitro benzene ring substituents is 1. The van der Waals surface area contributed by atoms with Crippen LogP contribution in [-0.2, 0) is 6.54 Å². The number of anilines is 1. The van der Waals surface area contributed by atoms with Crippen molar-refractivity contribution < 1.29 is 15.1 Å². The summed E-state index contributed by atoms with van der Waals surface area (Å²) < 4.78 is 0. The van der Waals surface area contributed by atoms with E-state index in [1.807, 2.05) is 13.8 Å². The Hall–Kier alpha value is -2.66. The zero-order chi connectivity index (χ0) is 23.4. The highest BCUT2D eigenvalue weighted by atomic mass is 32.1. The summed E-state index contributed by atoms with van der Waals surface area (Å²) in [6.07, 6.45) is -1.09. The predicted molar refractivity (Wildman–Crippen MR) is 126 cm³/mol. The Labute approximate surface area is 190 Å². The fourth-order valence-electron chi connectivity index (χ4n) is 3.54. The molecule has 0 bridgehead atoms. The first-order chi connectivity index (χ1) is 15.3. The zero-order valence-corrected chi connectivity index (χ0v) is 19.5. The minimum atomic E-state index is -1.09. The molecular formula is C22H29N5O4S. The topological polar surface area (TPSA) is 125 Å². The van der Waals surface area contributed by atoms with Gasteiger partial charge < -0.3 is 15.5 Å². The number of aliphatic hydroxyl groups excluding tert-OH is 2. The number of nitro groups is 1. The van der Waals surface area contributed by atoms with E-state index in [9.17, 15) is 20.3 Å². The van der Waals surface area contributed by atoms with Crippen LogP contribution in [0, 0.1) is 24.0 Å². The maximum atomic E-state index is 10.9. The van der Waals surface area contributed by atoms with Crippen LogP contribution >= 0.6 is 11.3 Å². The van der Waals surface area contributed by atoms with E-state index < -0.39 is 17.1 Å². The number of benzene rings is 1. The van der Waals surface area contributed by atoms with Crippen LogP contribution in [0.15, 0.2) is 24.3 Å². The van der Waals surface area contributed by atoms with Crippen LogP contribution in [0.1, 0.15) is 41.8 Å². The van der Waals surface area contributed by atoms with E-state index in [-0.39, 0.29) is 12.3 Å². The van der Waals surface area contributed by atoms with Crippen molar-refractivity contribution in [2.24, 2.45) is 0 Å². The molecule has 2 atom stereocenters. The van der Waals surface area contributed by atoms with E-state index in [0.29, 0.717) is 23.8 Å².